The topological polar surface area (TPSA) is 99.1 Å². The first-order valence-electron chi connectivity index (χ1n) is 4.81. The maximum Gasteiger partial charge on any atom is 0.328 e. The van der Waals surface area contributed by atoms with Crippen LogP contribution in [0.3, 0.4) is 0 Å². The summed E-state index contributed by atoms with van der Waals surface area (Å²) in [5, 5.41) is 20.1. The van der Waals surface area contributed by atoms with Crippen molar-refractivity contribution in [2.45, 2.75) is 19.1 Å². The lowest BCUT2D eigenvalue weighted by molar-refractivity contribution is -0.141. The van der Waals surface area contributed by atoms with Crippen LogP contribution in [-0.4, -0.2) is 66.6 Å². The van der Waals surface area contributed by atoms with Crippen LogP contribution in [0, 0.1) is 0 Å². The summed E-state index contributed by atoms with van der Waals surface area (Å²) in [5.74, 6) is -1.27. The maximum absolute atomic E-state index is 11.5. The van der Waals surface area contributed by atoms with Gasteiger partial charge in [0.25, 0.3) is 0 Å². The van der Waals surface area contributed by atoms with Crippen LogP contribution in [0.5, 0.6) is 0 Å². The van der Waals surface area contributed by atoms with E-state index in [2.05, 4.69) is 5.32 Å². The van der Waals surface area contributed by atoms with Gasteiger partial charge in [-0.1, -0.05) is 0 Å². The largest absolute Gasteiger partial charge is 0.480 e. The third kappa shape index (κ3) is 4.94. The second kappa shape index (κ2) is 7.02. The van der Waals surface area contributed by atoms with Gasteiger partial charge in [0.1, 0.15) is 0 Å². The number of carboxylic acid groups (broad SMARTS) is 1. The Morgan fingerprint density at radius 1 is 1.50 bits per heavy atom. The van der Waals surface area contributed by atoms with Gasteiger partial charge in [-0.3, -0.25) is 0 Å². The number of aliphatic carboxylic acids is 1. The van der Waals surface area contributed by atoms with E-state index in [1.165, 1.54) is 26.0 Å². The van der Waals surface area contributed by atoms with Crippen LogP contribution in [0.25, 0.3) is 0 Å². The molecule has 94 valence electrons. The number of aliphatic hydroxyl groups excluding tert-OH is 1. The average Bonchev–Trinajstić information content (AvgIpc) is 2.20. The summed E-state index contributed by atoms with van der Waals surface area (Å²) < 4.78 is 4.78. The van der Waals surface area contributed by atoms with Crippen molar-refractivity contribution in [3.8, 4) is 0 Å². The number of carbonyl (C=O) groups excluding carboxylic acids is 1. The Labute approximate surface area is 94.0 Å². The molecule has 0 rings (SSSR count). The Balaban J connectivity index is 4.24. The van der Waals surface area contributed by atoms with Crippen molar-refractivity contribution >= 4 is 12.0 Å². The fourth-order valence-corrected chi connectivity index (χ4v) is 0.962. The van der Waals surface area contributed by atoms with Crippen LogP contribution < -0.4 is 5.32 Å². The molecule has 0 radical (unpaired) electrons. The minimum absolute atomic E-state index is 0.342. The Bertz CT molecular complexity index is 244. The first-order valence-corrected chi connectivity index (χ1v) is 4.81. The molecule has 0 aliphatic heterocycles. The van der Waals surface area contributed by atoms with Gasteiger partial charge in [-0.05, 0) is 6.92 Å². The monoisotopic (exact) mass is 234 g/mol. The molecule has 0 aromatic rings. The number of methoxy groups -OCH3 is 1. The van der Waals surface area contributed by atoms with Crippen LogP contribution in [0.2, 0.25) is 0 Å². The first-order chi connectivity index (χ1) is 7.40. The van der Waals surface area contributed by atoms with Gasteiger partial charge in [-0.25, -0.2) is 9.59 Å². The zero-order valence-corrected chi connectivity index (χ0v) is 9.64. The normalized spacial score (nSPS) is 14.0. The highest BCUT2D eigenvalue weighted by Crippen LogP contribution is 1.95. The fourth-order valence-electron chi connectivity index (χ4n) is 0.962. The molecular weight excluding hydrogens is 216 g/mol. The quantitative estimate of drug-likeness (QED) is 0.553. The molecule has 2 unspecified atom stereocenters. The lowest BCUT2D eigenvalue weighted by Gasteiger charge is -2.22. The van der Waals surface area contributed by atoms with Gasteiger partial charge in [-0.15, -0.1) is 0 Å². The third-order valence-electron chi connectivity index (χ3n) is 2.00. The molecule has 0 fully saturated rings. The van der Waals surface area contributed by atoms with E-state index in [0.29, 0.717) is 13.2 Å². The highest BCUT2D eigenvalue weighted by molar-refractivity contribution is 5.82. The molecule has 0 heterocycles. The summed E-state index contributed by atoms with van der Waals surface area (Å²) >= 11 is 0. The van der Waals surface area contributed by atoms with E-state index in [4.69, 9.17) is 14.9 Å². The summed E-state index contributed by atoms with van der Waals surface area (Å²) in [5.41, 5.74) is 0. The Kier molecular flexibility index (Phi) is 6.43. The number of hydrogen-bond donors (Lipinski definition) is 3. The minimum atomic E-state index is -1.31. The van der Waals surface area contributed by atoms with Gasteiger partial charge in [0.15, 0.2) is 6.04 Å². The van der Waals surface area contributed by atoms with Crippen molar-refractivity contribution in [1.29, 1.82) is 0 Å². The number of nitrogens with zero attached hydrogens (tertiary/aromatic N) is 1. The van der Waals surface area contributed by atoms with Crippen LogP contribution in [0.4, 0.5) is 4.79 Å². The Morgan fingerprint density at radius 3 is 2.44 bits per heavy atom. The zero-order valence-electron chi connectivity index (χ0n) is 9.64. The second-order valence-electron chi connectivity index (χ2n) is 3.42. The number of urea groups is 1. The second-order valence-corrected chi connectivity index (χ2v) is 3.42. The molecule has 3 N–H and O–H groups in total. The van der Waals surface area contributed by atoms with Crippen molar-refractivity contribution < 1.29 is 24.5 Å². The third-order valence-corrected chi connectivity index (χ3v) is 2.00. The van der Waals surface area contributed by atoms with Gasteiger partial charge in [0.05, 0.1) is 12.7 Å². The minimum Gasteiger partial charge on any atom is -0.480 e. The molecule has 7 heteroatoms. The molecule has 0 saturated heterocycles. The molecular formula is C9H18N2O5. The van der Waals surface area contributed by atoms with Crippen molar-refractivity contribution in [1.82, 2.24) is 10.2 Å². The smallest absolute Gasteiger partial charge is 0.328 e. The van der Waals surface area contributed by atoms with Crippen molar-refractivity contribution in [3.63, 3.8) is 0 Å². The highest BCUT2D eigenvalue weighted by atomic mass is 16.5. The molecule has 0 aliphatic carbocycles. The molecule has 2 amide bonds. The number of hydrogen-bond acceptors (Lipinski definition) is 4. The summed E-state index contributed by atoms with van der Waals surface area (Å²) in [7, 11) is 3.01. The van der Waals surface area contributed by atoms with E-state index in [1.807, 2.05) is 0 Å². The van der Waals surface area contributed by atoms with E-state index in [1.54, 1.807) is 0 Å². The van der Waals surface area contributed by atoms with Gasteiger partial charge in [-0.2, -0.15) is 0 Å². The fraction of sp³-hybridized carbons (Fsp3) is 0.778. The first kappa shape index (κ1) is 14.7. The van der Waals surface area contributed by atoms with Gasteiger partial charge < -0.3 is 25.2 Å². The predicted octanol–water partition coefficient (Wildman–Crippen LogP) is -0.892. The van der Waals surface area contributed by atoms with Crippen LogP contribution >= 0.6 is 0 Å². The molecule has 0 bridgehead atoms. The maximum atomic E-state index is 11.5. The molecule has 16 heavy (non-hydrogen) atoms. The highest BCUT2D eigenvalue weighted by Gasteiger charge is 2.25. The summed E-state index contributed by atoms with van der Waals surface area (Å²) in [6.07, 6.45) is -1.16. The molecule has 7 nitrogen and oxygen atoms in total. The summed E-state index contributed by atoms with van der Waals surface area (Å²) in [4.78, 5) is 23.4. The Morgan fingerprint density at radius 2 is 2.06 bits per heavy atom. The average molecular weight is 234 g/mol. The van der Waals surface area contributed by atoms with Gasteiger partial charge in [0, 0.05) is 20.7 Å². The number of aliphatic hydroxyl groups is 1. The van der Waals surface area contributed by atoms with Crippen molar-refractivity contribution in [3.05, 3.63) is 0 Å². The summed E-state index contributed by atoms with van der Waals surface area (Å²) in [6.45, 7) is 2.00. The lowest BCUT2D eigenvalue weighted by atomic mass is 10.2. The molecule has 0 spiro atoms. The number of carbonyl (C=O) groups is 2. The molecule has 0 aliphatic rings. The van der Waals surface area contributed by atoms with Crippen molar-refractivity contribution in [2.24, 2.45) is 0 Å². The van der Waals surface area contributed by atoms with E-state index in [0.717, 1.165) is 0 Å². The molecule has 2 atom stereocenters. The van der Waals surface area contributed by atoms with E-state index >= 15 is 0 Å². The van der Waals surface area contributed by atoms with Gasteiger partial charge >= 0.3 is 12.0 Å². The number of nitrogens with one attached hydrogen (secondary N) is 1. The summed E-state index contributed by atoms with van der Waals surface area (Å²) in [6, 6.07) is -1.87. The lowest BCUT2D eigenvalue weighted by Crippen LogP contribution is -2.51. The number of amides is 2. The van der Waals surface area contributed by atoms with Crippen LogP contribution in [-0.2, 0) is 9.53 Å². The van der Waals surface area contributed by atoms with E-state index in [9.17, 15) is 9.59 Å². The van der Waals surface area contributed by atoms with Crippen LogP contribution in [0.15, 0.2) is 0 Å². The van der Waals surface area contributed by atoms with E-state index < -0.39 is 24.1 Å². The van der Waals surface area contributed by atoms with Crippen LogP contribution in [0.1, 0.15) is 6.92 Å². The van der Waals surface area contributed by atoms with E-state index in [-0.39, 0.29) is 0 Å². The number of ether oxygens (including phenoxy) is 1. The predicted molar refractivity (Wildman–Crippen MR) is 56.1 cm³/mol. The number of carboxylic acids is 1. The zero-order chi connectivity index (χ0) is 12.7. The Hall–Kier alpha value is -1.34. The van der Waals surface area contributed by atoms with Gasteiger partial charge in [0.2, 0.25) is 0 Å². The standard InChI is InChI=1S/C9H18N2O5/c1-6(12)7(8(13)14)10-9(15)11(2)4-5-16-3/h6-7,12H,4-5H2,1-3H3,(H,10,15)(H,13,14). The SMILES string of the molecule is COCCN(C)C(=O)NC(C(=O)O)C(C)O. The number of rotatable bonds is 6. The van der Waals surface area contributed by atoms with Crippen molar-refractivity contribution in [2.75, 3.05) is 27.3 Å². The molecule has 0 aromatic heterocycles. The number of likely N-dealkylation sites (N-methyl/N-ethyl adjacent to an activating group) is 1. The molecule has 0 aromatic carbocycles. The molecule has 0 saturated carbocycles.